The summed E-state index contributed by atoms with van der Waals surface area (Å²) in [4.78, 5) is 4.23. The van der Waals surface area contributed by atoms with Gasteiger partial charge in [-0.3, -0.25) is 10.1 Å². The van der Waals surface area contributed by atoms with E-state index >= 15 is 0 Å². The van der Waals surface area contributed by atoms with Crippen LogP contribution in [0.2, 0.25) is 0 Å². The lowest BCUT2D eigenvalue weighted by molar-refractivity contribution is 0.640. The van der Waals surface area contributed by atoms with E-state index in [0.717, 1.165) is 31.2 Å². The minimum atomic E-state index is 0. The fourth-order valence-electron chi connectivity index (χ4n) is 2.57. The number of guanidine groups is 1. The Kier molecular flexibility index (Phi) is 7.10. The van der Waals surface area contributed by atoms with Crippen molar-refractivity contribution in [2.45, 2.75) is 19.5 Å². The van der Waals surface area contributed by atoms with Crippen LogP contribution >= 0.6 is 24.0 Å². The molecule has 3 aromatic rings. The molecule has 2 heterocycles. The molecule has 0 amide bonds. The summed E-state index contributed by atoms with van der Waals surface area (Å²) in [7, 11) is 1.78. The van der Waals surface area contributed by atoms with E-state index in [-0.39, 0.29) is 24.0 Å². The van der Waals surface area contributed by atoms with Gasteiger partial charge in [0.15, 0.2) is 5.96 Å². The zero-order valence-electron chi connectivity index (χ0n) is 13.7. The number of nitrogens with zero attached hydrogens (tertiary/aromatic N) is 3. The van der Waals surface area contributed by atoms with E-state index < -0.39 is 0 Å². The zero-order valence-corrected chi connectivity index (χ0v) is 16.0. The second-order valence-corrected chi connectivity index (χ2v) is 5.36. The number of nitrogens with one attached hydrogen (secondary N) is 3. The number of aliphatic imine (C=N–C) groups is 1. The molecule has 6 nitrogen and oxygen atoms in total. The molecule has 0 aliphatic heterocycles. The van der Waals surface area contributed by atoms with Gasteiger partial charge in [0, 0.05) is 38.0 Å². The van der Waals surface area contributed by atoms with E-state index in [9.17, 15) is 0 Å². The number of aromatic nitrogens is 3. The number of rotatable bonds is 6. The van der Waals surface area contributed by atoms with Crippen molar-refractivity contribution in [3.63, 3.8) is 0 Å². The molecule has 7 heteroatoms. The van der Waals surface area contributed by atoms with Crippen LogP contribution in [0.5, 0.6) is 0 Å². The highest BCUT2D eigenvalue weighted by atomic mass is 127. The molecule has 3 rings (SSSR count). The first-order valence-corrected chi connectivity index (χ1v) is 7.83. The van der Waals surface area contributed by atoms with Crippen molar-refractivity contribution >= 4 is 40.8 Å². The van der Waals surface area contributed by atoms with Crippen molar-refractivity contribution in [1.29, 1.82) is 0 Å². The van der Waals surface area contributed by atoms with Gasteiger partial charge in [0.1, 0.15) is 0 Å². The lowest BCUT2D eigenvalue weighted by Crippen LogP contribution is -2.37. The average Bonchev–Trinajstić information content (AvgIpc) is 3.24. The van der Waals surface area contributed by atoms with E-state index in [1.807, 2.05) is 6.07 Å². The van der Waals surface area contributed by atoms with Crippen molar-refractivity contribution < 1.29 is 0 Å². The van der Waals surface area contributed by atoms with Gasteiger partial charge in [0.2, 0.25) is 0 Å². The Morgan fingerprint density at radius 3 is 2.88 bits per heavy atom. The van der Waals surface area contributed by atoms with Crippen LogP contribution in [0.1, 0.15) is 12.1 Å². The van der Waals surface area contributed by atoms with Crippen molar-refractivity contribution in [2.75, 3.05) is 13.6 Å². The molecule has 3 N–H and O–H groups in total. The fourth-order valence-corrected chi connectivity index (χ4v) is 2.57. The summed E-state index contributed by atoms with van der Waals surface area (Å²) in [5.41, 5.74) is 2.32. The summed E-state index contributed by atoms with van der Waals surface area (Å²) in [5, 5.41) is 14.7. The summed E-state index contributed by atoms with van der Waals surface area (Å²) >= 11 is 0. The van der Waals surface area contributed by atoms with Crippen LogP contribution in [0.4, 0.5) is 0 Å². The van der Waals surface area contributed by atoms with Gasteiger partial charge in [0.05, 0.1) is 12.2 Å². The smallest absolute Gasteiger partial charge is 0.191 e. The Labute approximate surface area is 158 Å². The summed E-state index contributed by atoms with van der Waals surface area (Å²) in [6.45, 7) is 2.54. The van der Waals surface area contributed by atoms with Crippen LogP contribution in [0.25, 0.3) is 10.9 Å². The van der Waals surface area contributed by atoms with Gasteiger partial charge in [-0.2, -0.15) is 5.10 Å². The molecule has 24 heavy (non-hydrogen) atoms. The first-order valence-electron chi connectivity index (χ1n) is 7.83. The normalized spacial score (nSPS) is 11.3. The van der Waals surface area contributed by atoms with Gasteiger partial charge in [0.25, 0.3) is 0 Å². The summed E-state index contributed by atoms with van der Waals surface area (Å²) in [6.07, 6.45) is 4.92. The lowest BCUT2D eigenvalue weighted by Gasteiger charge is -2.11. The zero-order chi connectivity index (χ0) is 15.9. The number of H-pyrrole nitrogens is 1. The highest BCUT2D eigenvalue weighted by molar-refractivity contribution is 14.0. The number of fused-ring (bicyclic) bond motifs is 1. The van der Waals surface area contributed by atoms with Crippen LogP contribution in [-0.4, -0.2) is 34.3 Å². The molecule has 0 radical (unpaired) electrons. The topological polar surface area (TPSA) is 70.0 Å². The molecule has 0 saturated heterocycles. The number of halogens is 1. The van der Waals surface area contributed by atoms with E-state index in [2.05, 4.69) is 66.9 Å². The molecular weight excluding hydrogens is 415 g/mol. The van der Waals surface area contributed by atoms with Crippen LogP contribution in [0.15, 0.2) is 53.8 Å². The maximum absolute atomic E-state index is 4.23. The quantitative estimate of drug-likeness (QED) is 0.240. The Morgan fingerprint density at radius 2 is 2.08 bits per heavy atom. The minimum absolute atomic E-state index is 0. The second-order valence-electron chi connectivity index (χ2n) is 5.36. The van der Waals surface area contributed by atoms with Crippen LogP contribution in [0, 0.1) is 0 Å². The number of benzene rings is 1. The summed E-state index contributed by atoms with van der Waals surface area (Å²) in [6, 6.07) is 12.6. The first kappa shape index (κ1) is 18.3. The molecule has 0 bridgehead atoms. The SMILES string of the molecule is CN=C(NCCCn1ccc2ccccc21)NCc1ccn[nH]1.I. The van der Waals surface area contributed by atoms with E-state index in [1.165, 1.54) is 10.9 Å². The Bertz CT molecular complexity index is 762. The van der Waals surface area contributed by atoms with Gasteiger partial charge in [-0.1, -0.05) is 18.2 Å². The molecule has 1 aromatic carbocycles. The maximum atomic E-state index is 4.23. The van der Waals surface area contributed by atoms with Gasteiger partial charge < -0.3 is 15.2 Å². The number of aromatic amines is 1. The molecule has 0 aliphatic carbocycles. The highest BCUT2D eigenvalue weighted by Crippen LogP contribution is 2.15. The standard InChI is InChI=1S/C17H22N6.HI/c1-18-17(20-13-15-7-10-21-22-15)19-9-4-11-23-12-8-14-5-2-3-6-16(14)23;/h2-3,5-8,10,12H,4,9,11,13H2,1H3,(H,21,22)(H2,18,19,20);1H. The van der Waals surface area contributed by atoms with Crippen molar-refractivity contribution in [3.8, 4) is 0 Å². The second kappa shape index (κ2) is 9.31. The third-order valence-corrected chi connectivity index (χ3v) is 3.78. The third-order valence-electron chi connectivity index (χ3n) is 3.78. The lowest BCUT2D eigenvalue weighted by atomic mass is 10.2. The molecule has 0 unspecified atom stereocenters. The monoisotopic (exact) mass is 438 g/mol. The number of aryl methyl sites for hydroxylation is 1. The average molecular weight is 438 g/mol. The number of hydrogen-bond donors (Lipinski definition) is 3. The largest absolute Gasteiger partial charge is 0.356 e. The Morgan fingerprint density at radius 1 is 1.21 bits per heavy atom. The fraction of sp³-hybridized carbons (Fsp3) is 0.294. The first-order chi connectivity index (χ1) is 11.4. The molecule has 128 valence electrons. The van der Waals surface area contributed by atoms with E-state index in [0.29, 0.717) is 6.54 Å². The highest BCUT2D eigenvalue weighted by Gasteiger charge is 2.01. The van der Waals surface area contributed by atoms with Crippen molar-refractivity contribution in [3.05, 3.63) is 54.5 Å². The molecule has 0 spiro atoms. The van der Waals surface area contributed by atoms with Crippen molar-refractivity contribution in [2.24, 2.45) is 4.99 Å². The van der Waals surface area contributed by atoms with E-state index in [4.69, 9.17) is 0 Å². The van der Waals surface area contributed by atoms with Gasteiger partial charge in [-0.15, -0.1) is 24.0 Å². The van der Waals surface area contributed by atoms with Gasteiger partial charge >= 0.3 is 0 Å². The van der Waals surface area contributed by atoms with Crippen LogP contribution in [-0.2, 0) is 13.1 Å². The number of para-hydroxylation sites is 1. The van der Waals surface area contributed by atoms with Crippen LogP contribution in [0.3, 0.4) is 0 Å². The van der Waals surface area contributed by atoms with Crippen molar-refractivity contribution in [1.82, 2.24) is 25.4 Å². The Hall–Kier alpha value is -2.03. The molecular formula is C17H23IN6. The maximum Gasteiger partial charge on any atom is 0.191 e. The predicted molar refractivity (Wildman–Crippen MR) is 109 cm³/mol. The summed E-state index contributed by atoms with van der Waals surface area (Å²) < 4.78 is 2.29. The van der Waals surface area contributed by atoms with Gasteiger partial charge in [-0.25, -0.2) is 0 Å². The van der Waals surface area contributed by atoms with Gasteiger partial charge in [-0.05, 0) is 30.0 Å². The summed E-state index contributed by atoms with van der Waals surface area (Å²) in [5.74, 6) is 0.803. The predicted octanol–water partition coefficient (Wildman–Crippen LogP) is 2.74. The number of hydrogen-bond acceptors (Lipinski definition) is 2. The van der Waals surface area contributed by atoms with E-state index in [1.54, 1.807) is 13.2 Å². The molecule has 0 saturated carbocycles. The minimum Gasteiger partial charge on any atom is -0.356 e. The molecule has 0 fully saturated rings. The third kappa shape index (κ3) is 4.73. The molecule has 0 aliphatic rings. The van der Waals surface area contributed by atoms with Crippen LogP contribution < -0.4 is 10.6 Å². The molecule has 2 aromatic heterocycles. The Balaban J connectivity index is 0.00000208. The molecule has 0 atom stereocenters.